The van der Waals surface area contributed by atoms with E-state index in [1.165, 1.54) is 0 Å². The minimum absolute atomic E-state index is 0.346. The molecule has 0 bridgehead atoms. The fraction of sp³-hybridized carbons (Fsp3) is 0.222. The van der Waals surface area contributed by atoms with Gasteiger partial charge in [-0.3, -0.25) is 0 Å². The highest BCUT2D eigenvalue weighted by atomic mass is 16.1. The van der Waals surface area contributed by atoms with Gasteiger partial charge in [-0.05, 0) is 12.1 Å². The van der Waals surface area contributed by atoms with Gasteiger partial charge in [0.05, 0.1) is 17.9 Å². The fourth-order valence-electron chi connectivity index (χ4n) is 1.01. The van der Waals surface area contributed by atoms with Crippen molar-refractivity contribution < 1.29 is 4.79 Å². The first-order valence-electron chi connectivity index (χ1n) is 3.82. The van der Waals surface area contributed by atoms with Crippen LogP contribution in [0.5, 0.6) is 0 Å². The highest BCUT2D eigenvalue weighted by molar-refractivity contribution is 5.71. The van der Waals surface area contributed by atoms with Crippen molar-refractivity contribution in [1.29, 1.82) is 0 Å². The minimum atomic E-state index is 0.346. The van der Waals surface area contributed by atoms with Gasteiger partial charge >= 0.3 is 0 Å². The third-order valence-corrected chi connectivity index (χ3v) is 1.57. The Morgan fingerprint density at radius 3 is 2.58 bits per heavy atom. The Kier molecular flexibility index (Phi) is 3.14. The summed E-state index contributed by atoms with van der Waals surface area (Å²) in [6, 6.07) is 7.74. The molecule has 0 amide bonds. The number of aldehydes is 1. The number of para-hydroxylation sites is 2. The number of hydrogen-bond acceptors (Lipinski definition) is 3. The molecule has 0 radical (unpaired) electrons. The van der Waals surface area contributed by atoms with Gasteiger partial charge in [0, 0.05) is 7.05 Å². The van der Waals surface area contributed by atoms with Gasteiger partial charge in [-0.15, -0.1) is 0 Å². The predicted molar refractivity (Wildman–Crippen MR) is 50.5 cm³/mol. The Morgan fingerprint density at radius 2 is 2.00 bits per heavy atom. The van der Waals surface area contributed by atoms with Crippen LogP contribution in [0.1, 0.15) is 0 Å². The van der Waals surface area contributed by atoms with E-state index < -0.39 is 0 Å². The summed E-state index contributed by atoms with van der Waals surface area (Å²) in [6.07, 6.45) is 0.840. The van der Waals surface area contributed by atoms with Crippen LogP contribution in [-0.2, 0) is 4.79 Å². The average Bonchev–Trinajstić information content (AvgIpc) is 2.15. The van der Waals surface area contributed by atoms with Gasteiger partial charge in [0.2, 0.25) is 0 Å². The molecule has 3 heteroatoms. The third kappa shape index (κ3) is 1.99. The molecule has 0 fully saturated rings. The average molecular weight is 164 g/mol. The molecule has 0 aliphatic rings. The minimum Gasteiger partial charge on any atom is -0.386 e. The van der Waals surface area contributed by atoms with Crippen LogP contribution in [-0.4, -0.2) is 19.9 Å². The van der Waals surface area contributed by atoms with Gasteiger partial charge in [-0.2, -0.15) is 0 Å². The number of carbonyl (C=O) groups excluding carboxylic acids is 1. The first-order valence-corrected chi connectivity index (χ1v) is 3.82. The highest BCUT2D eigenvalue weighted by Gasteiger charge is 1.95. The highest BCUT2D eigenvalue weighted by Crippen LogP contribution is 2.19. The molecular weight excluding hydrogens is 152 g/mol. The largest absolute Gasteiger partial charge is 0.386 e. The van der Waals surface area contributed by atoms with Crippen LogP contribution in [0.15, 0.2) is 24.3 Å². The zero-order chi connectivity index (χ0) is 8.81. The van der Waals surface area contributed by atoms with Crippen LogP contribution in [0.4, 0.5) is 11.4 Å². The predicted octanol–water partition coefficient (Wildman–Crippen LogP) is 1.34. The lowest BCUT2D eigenvalue weighted by molar-refractivity contribution is -0.106. The van der Waals surface area contributed by atoms with E-state index in [9.17, 15) is 4.79 Å². The molecule has 64 valence electrons. The second-order valence-corrected chi connectivity index (χ2v) is 2.34. The second kappa shape index (κ2) is 4.38. The van der Waals surface area contributed by atoms with Crippen molar-refractivity contribution in [2.45, 2.75) is 0 Å². The molecule has 0 spiro atoms. The molecule has 12 heavy (non-hydrogen) atoms. The van der Waals surface area contributed by atoms with E-state index in [4.69, 9.17) is 0 Å². The van der Waals surface area contributed by atoms with E-state index in [1.54, 1.807) is 0 Å². The summed E-state index contributed by atoms with van der Waals surface area (Å²) in [5, 5.41) is 6.01. The number of hydrogen-bond donors (Lipinski definition) is 2. The lowest BCUT2D eigenvalue weighted by Gasteiger charge is -2.08. The van der Waals surface area contributed by atoms with Crippen molar-refractivity contribution in [1.82, 2.24) is 0 Å². The molecule has 0 unspecified atom stereocenters. The van der Waals surface area contributed by atoms with Crippen LogP contribution in [0.25, 0.3) is 0 Å². The Balaban J connectivity index is 2.74. The molecule has 0 saturated heterocycles. The number of benzene rings is 1. The topological polar surface area (TPSA) is 41.1 Å². The Bertz CT molecular complexity index is 260. The molecule has 0 aromatic heterocycles. The van der Waals surface area contributed by atoms with Gasteiger partial charge in [-0.25, -0.2) is 0 Å². The van der Waals surface area contributed by atoms with Crippen LogP contribution in [0, 0.1) is 0 Å². The Hall–Kier alpha value is -1.51. The molecule has 2 N–H and O–H groups in total. The third-order valence-electron chi connectivity index (χ3n) is 1.57. The van der Waals surface area contributed by atoms with E-state index >= 15 is 0 Å². The van der Waals surface area contributed by atoms with Gasteiger partial charge < -0.3 is 15.4 Å². The SMILES string of the molecule is CNc1ccccc1NCC=O. The molecule has 0 heterocycles. The van der Waals surface area contributed by atoms with Gasteiger partial charge in [0.15, 0.2) is 0 Å². The van der Waals surface area contributed by atoms with Crippen molar-refractivity contribution in [3.05, 3.63) is 24.3 Å². The standard InChI is InChI=1S/C9H12N2O/c1-10-8-4-2-3-5-9(8)11-6-7-12/h2-5,7,10-11H,6H2,1H3. The van der Waals surface area contributed by atoms with Crippen molar-refractivity contribution in [2.75, 3.05) is 24.2 Å². The van der Waals surface area contributed by atoms with Crippen molar-refractivity contribution in [3.8, 4) is 0 Å². The Labute approximate surface area is 71.8 Å². The van der Waals surface area contributed by atoms with Crippen molar-refractivity contribution in [2.24, 2.45) is 0 Å². The maximum absolute atomic E-state index is 10.1. The maximum Gasteiger partial charge on any atom is 0.139 e. The molecule has 3 nitrogen and oxygen atoms in total. The normalized spacial score (nSPS) is 9.08. The van der Waals surface area contributed by atoms with Crippen molar-refractivity contribution >= 4 is 17.7 Å². The smallest absolute Gasteiger partial charge is 0.139 e. The molecule has 1 aromatic carbocycles. The number of carbonyl (C=O) groups is 1. The van der Waals surface area contributed by atoms with Gasteiger partial charge in [0.25, 0.3) is 0 Å². The van der Waals surface area contributed by atoms with E-state index in [2.05, 4.69) is 10.6 Å². The van der Waals surface area contributed by atoms with E-state index in [1.807, 2.05) is 31.3 Å². The summed E-state index contributed by atoms with van der Waals surface area (Å²) in [5.74, 6) is 0. The van der Waals surface area contributed by atoms with E-state index in [-0.39, 0.29) is 0 Å². The Morgan fingerprint density at radius 1 is 1.33 bits per heavy atom. The summed E-state index contributed by atoms with van der Waals surface area (Å²) in [5.41, 5.74) is 1.95. The summed E-state index contributed by atoms with van der Waals surface area (Å²) < 4.78 is 0. The second-order valence-electron chi connectivity index (χ2n) is 2.34. The molecule has 0 atom stereocenters. The maximum atomic E-state index is 10.1. The van der Waals surface area contributed by atoms with Gasteiger partial charge in [0.1, 0.15) is 6.29 Å². The summed E-state index contributed by atoms with van der Waals surface area (Å²) in [4.78, 5) is 10.1. The molecule has 1 aromatic rings. The van der Waals surface area contributed by atoms with Crippen LogP contribution in [0.2, 0.25) is 0 Å². The summed E-state index contributed by atoms with van der Waals surface area (Å²) >= 11 is 0. The van der Waals surface area contributed by atoms with Gasteiger partial charge in [-0.1, -0.05) is 12.1 Å². The monoisotopic (exact) mass is 164 g/mol. The van der Waals surface area contributed by atoms with E-state index in [0.29, 0.717) is 6.54 Å². The summed E-state index contributed by atoms with van der Waals surface area (Å²) in [7, 11) is 1.85. The molecule has 0 aliphatic carbocycles. The lowest BCUT2D eigenvalue weighted by Crippen LogP contribution is -2.04. The van der Waals surface area contributed by atoms with E-state index in [0.717, 1.165) is 17.7 Å². The molecule has 0 aliphatic heterocycles. The van der Waals surface area contributed by atoms with Crippen molar-refractivity contribution in [3.63, 3.8) is 0 Å². The van der Waals surface area contributed by atoms with Crippen LogP contribution in [0.3, 0.4) is 0 Å². The zero-order valence-corrected chi connectivity index (χ0v) is 7.00. The number of anilines is 2. The molecule has 0 saturated carbocycles. The first kappa shape index (κ1) is 8.59. The molecule has 1 rings (SSSR count). The summed E-state index contributed by atoms with van der Waals surface area (Å²) in [6.45, 7) is 0.346. The van der Waals surface area contributed by atoms with Crippen LogP contribution < -0.4 is 10.6 Å². The first-order chi connectivity index (χ1) is 5.88. The lowest BCUT2D eigenvalue weighted by atomic mass is 10.2. The number of rotatable bonds is 4. The molecular formula is C9H12N2O. The fourth-order valence-corrected chi connectivity index (χ4v) is 1.01. The zero-order valence-electron chi connectivity index (χ0n) is 7.00. The quantitative estimate of drug-likeness (QED) is 0.660. The van der Waals surface area contributed by atoms with Crippen LogP contribution >= 0.6 is 0 Å². The number of nitrogens with one attached hydrogen (secondary N) is 2.